The van der Waals surface area contributed by atoms with Gasteiger partial charge in [0, 0.05) is 6.07 Å². The van der Waals surface area contributed by atoms with Crippen LogP contribution in [0.2, 0.25) is 0 Å². The smallest absolute Gasteiger partial charge is 0.310 e. The molecule has 7 heteroatoms. The standard InChI is InChI=1S/C16H19NO6/c1-21-8-3-4-10(22-2)9(7-8)17-15(18)13-11-5-6-12(23-11)14(13)16(19)20/h3-4,7,11-14H,5-6H2,1-2H3,(H,17,18)(H,19,20)/t11-,12-,13+,14+/m1/s1. The average Bonchev–Trinajstić information content (AvgIpc) is 3.15. The van der Waals surface area contributed by atoms with Crippen molar-refractivity contribution in [3.63, 3.8) is 0 Å². The van der Waals surface area contributed by atoms with Crippen molar-refractivity contribution < 1.29 is 28.9 Å². The van der Waals surface area contributed by atoms with Crippen LogP contribution < -0.4 is 14.8 Å². The number of methoxy groups -OCH3 is 2. The van der Waals surface area contributed by atoms with E-state index in [0.29, 0.717) is 30.0 Å². The van der Waals surface area contributed by atoms with Crippen LogP contribution in [0.1, 0.15) is 12.8 Å². The summed E-state index contributed by atoms with van der Waals surface area (Å²) in [6.07, 6.45) is 0.688. The van der Waals surface area contributed by atoms with Gasteiger partial charge in [-0.15, -0.1) is 0 Å². The Hall–Kier alpha value is -2.28. The van der Waals surface area contributed by atoms with Crippen LogP contribution >= 0.6 is 0 Å². The molecule has 2 aliphatic rings. The summed E-state index contributed by atoms with van der Waals surface area (Å²) >= 11 is 0. The number of amides is 1. The minimum atomic E-state index is -0.991. The number of hydrogen-bond acceptors (Lipinski definition) is 5. The van der Waals surface area contributed by atoms with Gasteiger partial charge < -0.3 is 24.6 Å². The third-order valence-electron chi connectivity index (χ3n) is 4.53. The van der Waals surface area contributed by atoms with Gasteiger partial charge in [-0.2, -0.15) is 0 Å². The molecular weight excluding hydrogens is 302 g/mol. The van der Waals surface area contributed by atoms with Gasteiger partial charge in [-0.25, -0.2) is 0 Å². The predicted octanol–water partition coefficient (Wildman–Crippen LogP) is 1.52. The van der Waals surface area contributed by atoms with Gasteiger partial charge in [0.15, 0.2) is 0 Å². The summed E-state index contributed by atoms with van der Waals surface area (Å²) in [4.78, 5) is 24.1. The molecule has 2 N–H and O–H groups in total. The molecular formula is C16H19NO6. The first-order chi connectivity index (χ1) is 11.0. The molecule has 1 aromatic carbocycles. The van der Waals surface area contributed by atoms with Crippen molar-refractivity contribution in [3.05, 3.63) is 18.2 Å². The van der Waals surface area contributed by atoms with Crippen molar-refractivity contribution in [2.24, 2.45) is 11.8 Å². The topological polar surface area (TPSA) is 94.1 Å². The highest BCUT2D eigenvalue weighted by Gasteiger charge is 2.55. The van der Waals surface area contributed by atoms with Crippen molar-refractivity contribution in [2.75, 3.05) is 19.5 Å². The molecule has 0 aromatic heterocycles. The molecule has 23 heavy (non-hydrogen) atoms. The largest absolute Gasteiger partial charge is 0.497 e. The van der Waals surface area contributed by atoms with E-state index in [0.717, 1.165) is 0 Å². The van der Waals surface area contributed by atoms with Gasteiger partial charge >= 0.3 is 5.97 Å². The Morgan fingerprint density at radius 1 is 1.17 bits per heavy atom. The summed E-state index contributed by atoms with van der Waals surface area (Å²) in [5, 5.41) is 12.2. The SMILES string of the molecule is COc1ccc(OC)c(NC(=O)[C@@H]2[C@@H](C(=O)O)[C@H]3CC[C@H]2O3)c1. The number of carboxylic acid groups (broad SMARTS) is 1. The minimum Gasteiger partial charge on any atom is -0.497 e. The number of hydrogen-bond donors (Lipinski definition) is 2. The zero-order valence-electron chi connectivity index (χ0n) is 12.9. The van der Waals surface area contributed by atoms with Crippen LogP contribution in [0.3, 0.4) is 0 Å². The third-order valence-corrected chi connectivity index (χ3v) is 4.53. The molecule has 2 aliphatic heterocycles. The Bertz CT molecular complexity index is 631. The Labute approximate surface area is 133 Å². The van der Waals surface area contributed by atoms with Crippen LogP contribution in [0.25, 0.3) is 0 Å². The van der Waals surface area contributed by atoms with Gasteiger partial charge in [0.2, 0.25) is 5.91 Å². The molecule has 0 spiro atoms. The van der Waals surface area contributed by atoms with Gasteiger partial charge in [0.25, 0.3) is 0 Å². The van der Waals surface area contributed by atoms with Gasteiger partial charge in [-0.3, -0.25) is 9.59 Å². The highest BCUT2D eigenvalue weighted by molar-refractivity contribution is 5.97. The van der Waals surface area contributed by atoms with E-state index in [4.69, 9.17) is 14.2 Å². The fourth-order valence-electron chi connectivity index (χ4n) is 3.45. The monoisotopic (exact) mass is 321 g/mol. The molecule has 2 fully saturated rings. The van der Waals surface area contributed by atoms with Crippen molar-refractivity contribution in [1.82, 2.24) is 0 Å². The number of benzene rings is 1. The number of carboxylic acids is 1. The summed E-state index contributed by atoms with van der Waals surface area (Å²) in [7, 11) is 3.02. The molecule has 0 saturated carbocycles. The zero-order chi connectivity index (χ0) is 16.6. The molecule has 0 radical (unpaired) electrons. The van der Waals surface area contributed by atoms with Gasteiger partial charge in [-0.05, 0) is 25.0 Å². The number of ether oxygens (including phenoxy) is 3. The maximum atomic E-state index is 12.6. The lowest BCUT2D eigenvalue weighted by molar-refractivity contribution is -0.147. The summed E-state index contributed by atoms with van der Waals surface area (Å²) in [6.45, 7) is 0. The Kier molecular flexibility index (Phi) is 4.12. The molecule has 2 heterocycles. The van der Waals surface area contributed by atoms with Gasteiger partial charge in [0.1, 0.15) is 11.5 Å². The number of carbonyl (C=O) groups is 2. The fourth-order valence-corrected chi connectivity index (χ4v) is 3.45. The number of aliphatic carboxylic acids is 1. The van der Waals surface area contributed by atoms with Crippen molar-refractivity contribution in [3.8, 4) is 11.5 Å². The second-order valence-electron chi connectivity index (χ2n) is 5.74. The summed E-state index contributed by atoms with van der Waals surface area (Å²) in [5.41, 5.74) is 0.448. The average molecular weight is 321 g/mol. The number of rotatable bonds is 5. The fraction of sp³-hybridized carbons (Fsp3) is 0.500. The third kappa shape index (κ3) is 2.72. The van der Waals surface area contributed by atoms with Crippen molar-refractivity contribution in [2.45, 2.75) is 25.0 Å². The first kappa shape index (κ1) is 15.6. The highest BCUT2D eigenvalue weighted by atomic mass is 16.5. The molecule has 0 aliphatic carbocycles. The van der Waals surface area contributed by atoms with Gasteiger partial charge in [0.05, 0.1) is 44.0 Å². The van der Waals surface area contributed by atoms with E-state index < -0.39 is 17.8 Å². The van der Waals surface area contributed by atoms with Crippen LogP contribution in [0, 0.1) is 11.8 Å². The molecule has 0 unspecified atom stereocenters. The van der Waals surface area contributed by atoms with E-state index in [1.54, 1.807) is 18.2 Å². The summed E-state index contributed by atoms with van der Waals surface area (Å²) in [5.74, 6) is -1.80. The number of carbonyl (C=O) groups excluding carboxylic acids is 1. The number of nitrogens with one attached hydrogen (secondary N) is 1. The maximum Gasteiger partial charge on any atom is 0.310 e. The summed E-state index contributed by atoms with van der Waals surface area (Å²) in [6, 6.07) is 5.04. The van der Waals surface area contributed by atoms with Crippen LogP contribution in [0.5, 0.6) is 11.5 Å². The first-order valence-electron chi connectivity index (χ1n) is 7.46. The molecule has 2 saturated heterocycles. The van der Waals surface area contributed by atoms with E-state index in [-0.39, 0.29) is 18.1 Å². The van der Waals surface area contributed by atoms with E-state index in [1.807, 2.05) is 0 Å². The molecule has 1 amide bonds. The minimum absolute atomic E-state index is 0.335. The normalized spacial score (nSPS) is 28.4. The second kappa shape index (κ2) is 6.08. The highest BCUT2D eigenvalue weighted by Crippen LogP contribution is 2.44. The number of fused-ring (bicyclic) bond motifs is 2. The number of anilines is 1. The van der Waals surface area contributed by atoms with E-state index in [2.05, 4.69) is 5.32 Å². The Morgan fingerprint density at radius 3 is 2.48 bits per heavy atom. The molecule has 3 rings (SSSR count). The van der Waals surface area contributed by atoms with E-state index in [1.165, 1.54) is 14.2 Å². The zero-order valence-corrected chi connectivity index (χ0v) is 12.9. The van der Waals surface area contributed by atoms with Crippen LogP contribution in [-0.4, -0.2) is 43.4 Å². The first-order valence-corrected chi connectivity index (χ1v) is 7.46. The molecule has 1 aromatic rings. The Morgan fingerprint density at radius 2 is 1.87 bits per heavy atom. The van der Waals surface area contributed by atoms with Crippen molar-refractivity contribution in [1.29, 1.82) is 0 Å². The molecule has 2 bridgehead atoms. The lowest BCUT2D eigenvalue weighted by Crippen LogP contribution is -2.41. The van der Waals surface area contributed by atoms with E-state index in [9.17, 15) is 14.7 Å². The lowest BCUT2D eigenvalue weighted by Gasteiger charge is -2.24. The molecule has 124 valence electrons. The maximum absolute atomic E-state index is 12.6. The van der Waals surface area contributed by atoms with E-state index >= 15 is 0 Å². The van der Waals surface area contributed by atoms with Crippen LogP contribution in [0.4, 0.5) is 5.69 Å². The predicted molar refractivity (Wildman–Crippen MR) is 80.7 cm³/mol. The molecule has 7 nitrogen and oxygen atoms in total. The van der Waals surface area contributed by atoms with Crippen molar-refractivity contribution >= 4 is 17.6 Å². The second-order valence-corrected chi connectivity index (χ2v) is 5.74. The Balaban J connectivity index is 1.83. The summed E-state index contributed by atoms with van der Waals surface area (Å²) < 4.78 is 16.0. The van der Waals surface area contributed by atoms with Crippen LogP contribution in [-0.2, 0) is 14.3 Å². The molecule has 4 atom stereocenters. The quantitative estimate of drug-likeness (QED) is 0.854. The van der Waals surface area contributed by atoms with Crippen LogP contribution in [0.15, 0.2) is 18.2 Å². The lowest BCUT2D eigenvalue weighted by atomic mass is 9.78. The van der Waals surface area contributed by atoms with Gasteiger partial charge in [-0.1, -0.05) is 0 Å².